The lowest BCUT2D eigenvalue weighted by Gasteiger charge is -2.29. The molecular formula is C22H32O6. The van der Waals surface area contributed by atoms with Gasteiger partial charge in [-0.05, 0) is 64.2 Å². The molecule has 1 aromatic rings. The molecule has 0 aliphatic carbocycles. The SMILES string of the molecule is CCC(C)(CC(C)c1ccc(OC(=O)OC(C)(C)C)cc1)C(=O)OCC1CO1. The van der Waals surface area contributed by atoms with Crippen molar-refractivity contribution in [2.24, 2.45) is 5.41 Å². The number of hydrogen-bond donors (Lipinski definition) is 0. The zero-order valence-electron chi connectivity index (χ0n) is 17.7. The topological polar surface area (TPSA) is 74.4 Å². The first-order valence-corrected chi connectivity index (χ1v) is 9.82. The Labute approximate surface area is 167 Å². The van der Waals surface area contributed by atoms with Crippen LogP contribution in [0.15, 0.2) is 24.3 Å². The van der Waals surface area contributed by atoms with E-state index in [-0.39, 0.29) is 18.0 Å². The van der Waals surface area contributed by atoms with Crippen molar-refractivity contribution in [2.75, 3.05) is 13.2 Å². The summed E-state index contributed by atoms with van der Waals surface area (Å²) in [6.07, 6.45) is 0.705. The number of carbonyl (C=O) groups excluding carboxylic acids is 2. The van der Waals surface area contributed by atoms with Gasteiger partial charge in [0, 0.05) is 0 Å². The van der Waals surface area contributed by atoms with Gasteiger partial charge in [-0.15, -0.1) is 0 Å². The predicted octanol–water partition coefficient (Wildman–Crippen LogP) is 4.85. The fourth-order valence-corrected chi connectivity index (χ4v) is 2.90. The largest absolute Gasteiger partial charge is 0.514 e. The molecule has 0 radical (unpaired) electrons. The van der Waals surface area contributed by atoms with Crippen LogP contribution in [0.3, 0.4) is 0 Å². The van der Waals surface area contributed by atoms with Gasteiger partial charge in [-0.3, -0.25) is 4.79 Å². The molecule has 3 atom stereocenters. The van der Waals surface area contributed by atoms with Crippen molar-refractivity contribution in [1.82, 2.24) is 0 Å². The smallest absolute Gasteiger partial charge is 0.462 e. The molecule has 0 saturated carbocycles. The van der Waals surface area contributed by atoms with Crippen LogP contribution in [0.4, 0.5) is 4.79 Å². The van der Waals surface area contributed by atoms with Gasteiger partial charge in [-0.2, -0.15) is 0 Å². The van der Waals surface area contributed by atoms with Gasteiger partial charge in [-0.25, -0.2) is 4.79 Å². The molecule has 0 bridgehead atoms. The Balaban J connectivity index is 1.94. The van der Waals surface area contributed by atoms with Gasteiger partial charge in [0.15, 0.2) is 0 Å². The van der Waals surface area contributed by atoms with E-state index < -0.39 is 17.2 Å². The number of esters is 1. The number of ether oxygens (including phenoxy) is 4. The average Bonchev–Trinajstić information content (AvgIpc) is 3.42. The molecule has 0 N–H and O–H groups in total. The third kappa shape index (κ3) is 6.82. The molecular weight excluding hydrogens is 360 g/mol. The number of hydrogen-bond acceptors (Lipinski definition) is 6. The third-order valence-corrected chi connectivity index (χ3v) is 4.87. The molecule has 2 rings (SSSR count). The van der Waals surface area contributed by atoms with Gasteiger partial charge in [0.1, 0.15) is 24.1 Å². The second-order valence-electron chi connectivity index (χ2n) is 8.71. The maximum Gasteiger partial charge on any atom is 0.514 e. The Hall–Kier alpha value is -2.08. The highest BCUT2D eigenvalue weighted by atomic mass is 16.7. The van der Waals surface area contributed by atoms with E-state index in [2.05, 4.69) is 6.92 Å². The molecule has 6 nitrogen and oxygen atoms in total. The first kappa shape index (κ1) is 22.2. The van der Waals surface area contributed by atoms with Crippen LogP contribution in [-0.4, -0.2) is 37.0 Å². The van der Waals surface area contributed by atoms with Crippen LogP contribution in [0.1, 0.15) is 65.9 Å². The van der Waals surface area contributed by atoms with E-state index in [4.69, 9.17) is 18.9 Å². The normalized spacial score (nSPS) is 19.3. The van der Waals surface area contributed by atoms with E-state index in [1.165, 1.54) is 0 Å². The first-order chi connectivity index (χ1) is 13.0. The Morgan fingerprint density at radius 3 is 2.29 bits per heavy atom. The highest BCUT2D eigenvalue weighted by Gasteiger charge is 2.36. The van der Waals surface area contributed by atoms with E-state index in [0.717, 1.165) is 5.56 Å². The Bertz CT molecular complexity index is 671. The molecule has 1 saturated heterocycles. The quantitative estimate of drug-likeness (QED) is 0.358. The van der Waals surface area contributed by atoms with Gasteiger partial charge in [0.2, 0.25) is 0 Å². The fourth-order valence-electron chi connectivity index (χ4n) is 2.90. The van der Waals surface area contributed by atoms with E-state index >= 15 is 0 Å². The van der Waals surface area contributed by atoms with Crippen LogP contribution >= 0.6 is 0 Å². The number of benzene rings is 1. The van der Waals surface area contributed by atoms with Crippen molar-refractivity contribution >= 4 is 12.1 Å². The molecule has 156 valence electrons. The minimum absolute atomic E-state index is 0.0694. The third-order valence-electron chi connectivity index (χ3n) is 4.87. The molecule has 6 heteroatoms. The molecule has 0 amide bonds. The van der Waals surface area contributed by atoms with Crippen molar-refractivity contribution in [1.29, 1.82) is 0 Å². The highest BCUT2D eigenvalue weighted by Crippen LogP contribution is 2.36. The molecule has 28 heavy (non-hydrogen) atoms. The Morgan fingerprint density at radius 1 is 1.18 bits per heavy atom. The number of rotatable bonds is 8. The van der Waals surface area contributed by atoms with Crippen molar-refractivity contribution in [2.45, 2.75) is 72.0 Å². The Kier molecular flexibility index (Phi) is 7.10. The summed E-state index contributed by atoms with van der Waals surface area (Å²) in [7, 11) is 0. The van der Waals surface area contributed by atoms with Crippen LogP contribution < -0.4 is 4.74 Å². The van der Waals surface area contributed by atoms with Crippen molar-refractivity contribution in [3.05, 3.63) is 29.8 Å². The lowest BCUT2D eigenvalue weighted by atomic mass is 9.77. The van der Waals surface area contributed by atoms with Crippen molar-refractivity contribution in [3.63, 3.8) is 0 Å². The summed E-state index contributed by atoms with van der Waals surface area (Å²) in [4.78, 5) is 24.3. The summed E-state index contributed by atoms with van der Waals surface area (Å²) in [5.41, 5.74) is -0.0920. The minimum atomic E-state index is -0.728. The zero-order valence-corrected chi connectivity index (χ0v) is 17.7. The van der Waals surface area contributed by atoms with Gasteiger partial charge in [0.25, 0.3) is 0 Å². The zero-order chi connectivity index (χ0) is 20.9. The number of epoxide rings is 1. The van der Waals surface area contributed by atoms with E-state index in [1.54, 1.807) is 32.9 Å². The lowest BCUT2D eigenvalue weighted by molar-refractivity contribution is -0.156. The standard InChI is InChI=1S/C22H32O6/c1-7-22(6,19(23)26-14-18-13-25-18)12-15(2)16-8-10-17(11-9-16)27-20(24)28-21(3,4)5/h8-11,15,18H,7,12-14H2,1-6H3. The van der Waals surface area contributed by atoms with Gasteiger partial charge < -0.3 is 18.9 Å². The summed E-state index contributed by atoms with van der Waals surface area (Å²) < 4.78 is 20.9. The first-order valence-electron chi connectivity index (χ1n) is 9.82. The lowest BCUT2D eigenvalue weighted by Crippen LogP contribution is -2.31. The van der Waals surface area contributed by atoms with Crippen LogP contribution in [0, 0.1) is 5.41 Å². The molecule has 1 aliphatic heterocycles. The molecule has 1 aromatic carbocycles. The molecule has 0 spiro atoms. The molecule has 1 fully saturated rings. The maximum atomic E-state index is 12.5. The fraction of sp³-hybridized carbons (Fsp3) is 0.636. The van der Waals surface area contributed by atoms with Crippen molar-refractivity contribution < 1.29 is 28.5 Å². The van der Waals surface area contributed by atoms with Crippen LogP contribution in [0.5, 0.6) is 5.75 Å². The summed E-state index contributed by atoms with van der Waals surface area (Å²) >= 11 is 0. The summed E-state index contributed by atoms with van der Waals surface area (Å²) in [5.74, 6) is 0.389. The number of carbonyl (C=O) groups is 2. The Morgan fingerprint density at radius 2 is 1.79 bits per heavy atom. The van der Waals surface area contributed by atoms with E-state index in [0.29, 0.717) is 31.8 Å². The van der Waals surface area contributed by atoms with E-state index in [1.807, 2.05) is 26.0 Å². The minimum Gasteiger partial charge on any atom is -0.462 e. The van der Waals surface area contributed by atoms with Gasteiger partial charge in [0.05, 0.1) is 12.0 Å². The predicted molar refractivity (Wildman–Crippen MR) is 105 cm³/mol. The highest BCUT2D eigenvalue weighted by molar-refractivity contribution is 5.76. The maximum absolute atomic E-state index is 12.5. The van der Waals surface area contributed by atoms with Gasteiger partial charge >= 0.3 is 12.1 Å². The molecule has 0 aromatic heterocycles. The average molecular weight is 392 g/mol. The second kappa shape index (κ2) is 8.95. The monoisotopic (exact) mass is 392 g/mol. The summed E-state index contributed by atoms with van der Waals surface area (Å²) in [5, 5.41) is 0. The molecule has 1 heterocycles. The van der Waals surface area contributed by atoms with Crippen LogP contribution in [-0.2, 0) is 19.0 Å². The van der Waals surface area contributed by atoms with Crippen molar-refractivity contribution in [3.8, 4) is 5.75 Å². The second-order valence-corrected chi connectivity index (χ2v) is 8.71. The van der Waals surface area contributed by atoms with E-state index in [9.17, 15) is 9.59 Å². The van der Waals surface area contributed by atoms with Crippen LogP contribution in [0.2, 0.25) is 0 Å². The summed E-state index contributed by atoms with van der Waals surface area (Å²) in [6, 6.07) is 7.29. The van der Waals surface area contributed by atoms with Crippen LogP contribution in [0.25, 0.3) is 0 Å². The molecule has 1 aliphatic rings. The molecule has 3 unspecified atom stereocenters. The van der Waals surface area contributed by atoms with Gasteiger partial charge in [-0.1, -0.05) is 26.0 Å². The summed E-state index contributed by atoms with van der Waals surface area (Å²) in [6.45, 7) is 12.4.